The molecule has 0 N–H and O–H groups in total. The van der Waals surface area contributed by atoms with Crippen molar-refractivity contribution in [2.75, 3.05) is 51.3 Å². The molecule has 6 nitrogen and oxygen atoms in total. The van der Waals surface area contributed by atoms with Gasteiger partial charge in [-0.25, -0.2) is 0 Å². The molecule has 3 rings (SSSR count). The predicted octanol–water partition coefficient (Wildman–Crippen LogP) is 1.99. The zero-order valence-corrected chi connectivity index (χ0v) is 15.8. The fourth-order valence-electron chi connectivity index (χ4n) is 3.84. The van der Waals surface area contributed by atoms with Crippen LogP contribution in [0, 0.1) is 5.92 Å². The molecular weight excluding hydrogens is 330 g/mol. The van der Waals surface area contributed by atoms with E-state index >= 15 is 0 Å². The smallest absolute Gasteiger partial charge is 0.225 e. The Morgan fingerprint density at radius 1 is 0.962 bits per heavy atom. The maximum Gasteiger partial charge on any atom is 0.225 e. The van der Waals surface area contributed by atoms with Gasteiger partial charge < -0.3 is 19.4 Å². The van der Waals surface area contributed by atoms with Crippen LogP contribution in [0.15, 0.2) is 24.3 Å². The van der Waals surface area contributed by atoms with Crippen LogP contribution in [0.2, 0.25) is 0 Å². The highest BCUT2D eigenvalue weighted by Crippen LogP contribution is 2.23. The molecule has 2 fully saturated rings. The normalized spacial score (nSPS) is 18.8. The number of anilines is 1. The summed E-state index contributed by atoms with van der Waals surface area (Å²) in [6, 6.07) is 8.07. The summed E-state index contributed by atoms with van der Waals surface area (Å²) in [7, 11) is 1.67. The van der Waals surface area contributed by atoms with E-state index in [1.165, 1.54) is 5.69 Å². The van der Waals surface area contributed by atoms with Crippen LogP contribution in [-0.4, -0.2) is 68.0 Å². The third-order valence-electron chi connectivity index (χ3n) is 5.53. The summed E-state index contributed by atoms with van der Waals surface area (Å²) >= 11 is 0. The molecule has 2 amide bonds. The number of likely N-dealkylation sites (tertiary alicyclic amines) is 1. The number of piperidine rings is 1. The molecule has 0 unspecified atom stereocenters. The minimum Gasteiger partial charge on any atom is -0.497 e. The Kier molecular flexibility index (Phi) is 6.01. The second kappa shape index (κ2) is 8.43. The standard InChI is InChI=1S/C20H29N3O3/c1-3-19(24)22-10-8-16(9-11-22)20(25)23-14-12-21(13-15-23)17-4-6-18(26-2)7-5-17/h4-7,16H,3,8-15H2,1-2H3. The molecule has 0 radical (unpaired) electrons. The van der Waals surface area contributed by atoms with Gasteiger partial charge in [0.05, 0.1) is 7.11 Å². The summed E-state index contributed by atoms with van der Waals surface area (Å²) < 4.78 is 5.21. The van der Waals surface area contributed by atoms with E-state index in [1.807, 2.05) is 28.9 Å². The lowest BCUT2D eigenvalue weighted by molar-refractivity contribution is -0.140. The van der Waals surface area contributed by atoms with Crippen LogP contribution in [0.5, 0.6) is 5.75 Å². The first kappa shape index (κ1) is 18.5. The van der Waals surface area contributed by atoms with Gasteiger partial charge in [-0.3, -0.25) is 9.59 Å². The van der Waals surface area contributed by atoms with Crippen LogP contribution < -0.4 is 9.64 Å². The van der Waals surface area contributed by atoms with E-state index in [-0.39, 0.29) is 17.7 Å². The van der Waals surface area contributed by atoms with Crippen LogP contribution in [0.1, 0.15) is 26.2 Å². The molecule has 0 aliphatic carbocycles. The Morgan fingerprint density at radius 2 is 1.58 bits per heavy atom. The number of methoxy groups -OCH3 is 1. The third-order valence-corrected chi connectivity index (χ3v) is 5.53. The lowest BCUT2D eigenvalue weighted by atomic mass is 9.94. The molecule has 0 bridgehead atoms. The van der Waals surface area contributed by atoms with Crippen molar-refractivity contribution in [3.8, 4) is 5.75 Å². The third kappa shape index (κ3) is 4.11. The zero-order valence-electron chi connectivity index (χ0n) is 15.8. The second-order valence-electron chi connectivity index (χ2n) is 7.02. The minimum atomic E-state index is 0.0726. The highest BCUT2D eigenvalue weighted by molar-refractivity contribution is 5.80. The number of piperazine rings is 1. The molecule has 2 saturated heterocycles. The van der Waals surface area contributed by atoms with Crippen molar-refractivity contribution in [2.45, 2.75) is 26.2 Å². The van der Waals surface area contributed by atoms with Gasteiger partial charge in [0.1, 0.15) is 5.75 Å². The Balaban J connectivity index is 1.48. The summed E-state index contributed by atoms with van der Waals surface area (Å²) in [6.45, 7) is 6.56. The molecule has 0 aromatic heterocycles. The van der Waals surface area contributed by atoms with Gasteiger partial charge in [0.25, 0.3) is 0 Å². The highest BCUT2D eigenvalue weighted by atomic mass is 16.5. The molecule has 2 heterocycles. The predicted molar refractivity (Wildman–Crippen MR) is 101 cm³/mol. The quantitative estimate of drug-likeness (QED) is 0.825. The lowest BCUT2D eigenvalue weighted by Crippen LogP contribution is -2.52. The maximum absolute atomic E-state index is 12.8. The van der Waals surface area contributed by atoms with Crippen molar-refractivity contribution in [1.29, 1.82) is 0 Å². The summed E-state index contributed by atoms with van der Waals surface area (Å²) in [5, 5.41) is 0. The van der Waals surface area contributed by atoms with Crippen LogP contribution in [0.4, 0.5) is 5.69 Å². The molecule has 6 heteroatoms. The molecule has 142 valence electrons. The van der Waals surface area contributed by atoms with Crippen LogP contribution in [0.25, 0.3) is 0 Å². The fraction of sp³-hybridized carbons (Fsp3) is 0.600. The maximum atomic E-state index is 12.8. The van der Waals surface area contributed by atoms with Crippen molar-refractivity contribution in [3.63, 3.8) is 0 Å². The molecule has 2 aliphatic rings. The van der Waals surface area contributed by atoms with Gasteiger partial charge >= 0.3 is 0 Å². The van der Waals surface area contributed by atoms with Gasteiger partial charge in [-0.05, 0) is 37.1 Å². The van der Waals surface area contributed by atoms with E-state index in [0.29, 0.717) is 6.42 Å². The molecule has 1 aromatic carbocycles. The number of hydrogen-bond donors (Lipinski definition) is 0. The monoisotopic (exact) mass is 359 g/mol. The van der Waals surface area contributed by atoms with E-state index in [9.17, 15) is 9.59 Å². The van der Waals surface area contributed by atoms with Gasteiger partial charge in [0.15, 0.2) is 0 Å². The van der Waals surface area contributed by atoms with E-state index in [0.717, 1.165) is 57.9 Å². The average molecular weight is 359 g/mol. The number of nitrogens with zero attached hydrogens (tertiary/aromatic N) is 3. The summed E-state index contributed by atoms with van der Waals surface area (Å²) in [6.07, 6.45) is 2.14. The summed E-state index contributed by atoms with van der Waals surface area (Å²) in [5.74, 6) is 1.39. The van der Waals surface area contributed by atoms with Crippen molar-refractivity contribution in [3.05, 3.63) is 24.3 Å². The lowest BCUT2D eigenvalue weighted by Gasteiger charge is -2.39. The first-order valence-electron chi connectivity index (χ1n) is 9.58. The number of carbonyl (C=O) groups excluding carboxylic acids is 2. The Hall–Kier alpha value is -2.24. The van der Waals surface area contributed by atoms with E-state index in [1.54, 1.807) is 7.11 Å². The SMILES string of the molecule is CCC(=O)N1CCC(C(=O)N2CCN(c3ccc(OC)cc3)CC2)CC1. The molecule has 1 aromatic rings. The van der Waals surface area contributed by atoms with Crippen LogP contribution in [-0.2, 0) is 9.59 Å². The van der Waals surface area contributed by atoms with Crippen molar-refractivity contribution >= 4 is 17.5 Å². The highest BCUT2D eigenvalue weighted by Gasteiger charge is 2.31. The number of amides is 2. The number of carbonyl (C=O) groups is 2. The Morgan fingerprint density at radius 3 is 2.12 bits per heavy atom. The van der Waals surface area contributed by atoms with Crippen molar-refractivity contribution < 1.29 is 14.3 Å². The number of rotatable bonds is 4. The van der Waals surface area contributed by atoms with Crippen molar-refractivity contribution in [2.24, 2.45) is 5.92 Å². The zero-order chi connectivity index (χ0) is 18.5. The molecule has 0 spiro atoms. The average Bonchev–Trinajstić information content (AvgIpc) is 2.73. The van der Waals surface area contributed by atoms with E-state index in [2.05, 4.69) is 17.0 Å². The molecular formula is C20H29N3O3. The van der Waals surface area contributed by atoms with Crippen LogP contribution >= 0.6 is 0 Å². The fourth-order valence-corrected chi connectivity index (χ4v) is 3.84. The first-order chi connectivity index (χ1) is 12.6. The van der Waals surface area contributed by atoms with E-state index < -0.39 is 0 Å². The summed E-state index contributed by atoms with van der Waals surface area (Å²) in [5.41, 5.74) is 1.17. The molecule has 2 aliphatic heterocycles. The largest absolute Gasteiger partial charge is 0.497 e. The van der Waals surface area contributed by atoms with Gasteiger partial charge in [-0.1, -0.05) is 6.92 Å². The topological polar surface area (TPSA) is 53.1 Å². The first-order valence-corrected chi connectivity index (χ1v) is 9.58. The number of ether oxygens (including phenoxy) is 1. The minimum absolute atomic E-state index is 0.0726. The molecule has 0 atom stereocenters. The van der Waals surface area contributed by atoms with Crippen molar-refractivity contribution in [1.82, 2.24) is 9.80 Å². The second-order valence-corrected chi connectivity index (χ2v) is 7.02. The van der Waals surface area contributed by atoms with Gasteiger partial charge in [-0.15, -0.1) is 0 Å². The van der Waals surface area contributed by atoms with Crippen LogP contribution in [0.3, 0.4) is 0 Å². The number of benzene rings is 1. The van der Waals surface area contributed by atoms with Gasteiger partial charge in [-0.2, -0.15) is 0 Å². The molecule has 26 heavy (non-hydrogen) atoms. The number of hydrogen-bond acceptors (Lipinski definition) is 4. The van der Waals surface area contributed by atoms with E-state index in [4.69, 9.17) is 4.74 Å². The summed E-state index contributed by atoms with van der Waals surface area (Å²) in [4.78, 5) is 30.8. The van der Waals surface area contributed by atoms with Gasteiger partial charge in [0, 0.05) is 57.3 Å². The van der Waals surface area contributed by atoms with Gasteiger partial charge in [0.2, 0.25) is 11.8 Å². The Bertz CT molecular complexity index is 616. The molecule has 0 saturated carbocycles. The Labute approximate surface area is 155 Å².